The summed E-state index contributed by atoms with van der Waals surface area (Å²) in [7, 11) is -4.01. The first kappa shape index (κ1) is 23.7. The topological polar surface area (TPSA) is 94.0 Å². The minimum Gasteiger partial charge on any atom is -0.366 e. The molecule has 0 aliphatic rings. The van der Waals surface area contributed by atoms with Crippen LogP contribution in [0.2, 0.25) is 5.02 Å². The summed E-state index contributed by atoms with van der Waals surface area (Å²) in [6.45, 7) is 0.224. The molecule has 0 bridgehead atoms. The highest BCUT2D eigenvalue weighted by Gasteiger charge is 2.25. The number of halogens is 2. The van der Waals surface area contributed by atoms with Crippen molar-refractivity contribution >= 4 is 44.3 Å². The van der Waals surface area contributed by atoms with Crippen LogP contribution in [0.3, 0.4) is 0 Å². The van der Waals surface area contributed by atoms with E-state index in [-0.39, 0.29) is 39.1 Å². The van der Waals surface area contributed by atoms with Crippen LogP contribution in [0.5, 0.6) is 0 Å². The van der Waals surface area contributed by atoms with E-state index in [9.17, 15) is 17.6 Å². The number of anilines is 1. The highest BCUT2D eigenvalue weighted by atomic mass is 35.5. The molecule has 5 aromatic rings. The minimum absolute atomic E-state index is 0.0598. The maximum Gasteiger partial charge on any atom is 0.269 e. The Morgan fingerprint density at radius 3 is 2.44 bits per heavy atom. The summed E-state index contributed by atoms with van der Waals surface area (Å²) in [6, 6.07) is 18.9. The molecule has 2 aromatic carbocycles. The lowest BCUT2D eigenvalue weighted by Crippen LogP contribution is -2.12. The number of ketones is 1. The molecule has 1 N–H and O–H groups in total. The number of hydrogen-bond acceptors (Lipinski definition) is 6. The van der Waals surface area contributed by atoms with Crippen molar-refractivity contribution in [2.75, 3.05) is 5.32 Å². The van der Waals surface area contributed by atoms with Crippen LogP contribution < -0.4 is 5.32 Å². The molecule has 36 heavy (non-hydrogen) atoms. The second kappa shape index (κ2) is 9.52. The summed E-state index contributed by atoms with van der Waals surface area (Å²) in [4.78, 5) is 21.9. The van der Waals surface area contributed by atoms with E-state index in [1.54, 1.807) is 48.5 Å². The van der Waals surface area contributed by atoms with Crippen molar-refractivity contribution in [3.05, 3.63) is 119 Å². The lowest BCUT2D eigenvalue weighted by atomic mass is 10.1. The molecular formula is C26H18ClFN4O3S. The molecule has 0 unspecified atom stereocenters. The second-order valence-electron chi connectivity index (χ2n) is 7.89. The molecular weight excluding hydrogens is 503 g/mol. The molecule has 3 aromatic heterocycles. The quantitative estimate of drug-likeness (QED) is 0.292. The van der Waals surface area contributed by atoms with Crippen LogP contribution in [-0.2, 0) is 16.6 Å². The summed E-state index contributed by atoms with van der Waals surface area (Å²) < 4.78 is 41.4. The fourth-order valence-corrected chi connectivity index (χ4v) is 5.24. The normalized spacial score (nSPS) is 11.5. The third kappa shape index (κ3) is 4.46. The smallest absolute Gasteiger partial charge is 0.269 e. The summed E-state index contributed by atoms with van der Waals surface area (Å²) >= 11 is 6.12. The molecule has 0 aliphatic heterocycles. The van der Waals surface area contributed by atoms with Crippen molar-refractivity contribution < 1.29 is 17.6 Å². The molecule has 0 aliphatic carbocycles. The van der Waals surface area contributed by atoms with Gasteiger partial charge in [0, 0.05) is 41.6 Å². The van der Waals surface area contributed by atoms with Gasteiger partial charge < -0.3 is 5.32 Å². The predicted octanol–water partition coefficient (Wildman–Crippen LogP) is 5.30. The standard InChI is InChI=1S/C26H18ClFN4O3S/c27-19-12-21-22(16-32(26(21)31-15-19)36(34,35)20-7-2-1-3-8-20)25(33)18-10-11-24(30-14-18)29-13-17-6-4-5-9-23(17)28/h1-12,14-16H,13H2,(H,29,30). The van der Waals surface area contributed by atoms with Crippen LogP contribution in [-0.4, -0.2) is 28.1 Å². The van der Waals surface area contributed by atoms with E-state index in [0.717, 1.165) is 3.97 Å². The number of aromatic nitrogens is 3. The molecule has 0 amide bonds. The number of benzene rings is 2. The zero-order valence-electron chi connectivity index (χ0n) is 18.6. The van der Waals surface area contributed by atoms with Gasteiger partial charge in [0.15, 0.2) is 11.4 Å². The van der Waals surface area contributed by atoms with Gasteiger partial charge in [-0.25, -0.2) is 26.7 Å². The average molecular weight is 521 g/mol. The van der Waals surface area contributed by atoms with E-state index in [2.05, 4.69) is 15.3 Å². The zero-order chi connectivity index (χ0) is 25.3. The maximum absolute atomic E-state index is 13.8. The first-order valence-electron chi connectivity index (χ1n) is 10.8. The Hall–Kier alpha value is -4.08. The molecule has 5 rings (SSSR count). The van der Waals surface area contributed by atoms with Crippen molar-refractivity contribution in [1.82, 2.24) is 13.9 Å². The van der Waals surface area contributed by atoms with Crippen molar-refractivity contribution in [1.29, 1.82) is 0 Å². The van der Waals surface area contributed by atoms with Gasteiger partial charge in [-0.2, -0.15) is 0 Å². The number of fused-ring (bicyclic) bond motifs is 1. The molecule has 0 spiro atoms. The van der Waals surface area contributed by atoms with Gasteiger partial charge in [-0.15, -0.1) is 0 Å². The van der Waals surface area contributed by atoms with Gasteiger partial charge in [0.05, 0.1) is 15.5 Å². The van der Waals surface area contributed by atoms with E-state index in [4.69, 9.17) is 11.6 Å². The number of rotatable bonds is 7. The largest absolute Gasteiger partial charge is 0.366 e. The molecule has 0 saturated heterocycles. The zero-order valence-corrected chi connectivity index (χ0v) is 20.2. The number of pyridine rings is 2. The molecule has 10 heteroatoms. The molecule has 0 atom stereocenters. The summed E-state index contributed by atoms with van der Waals surface area (Å²) in [5, 5.41) is 3.57. The summed E-state index contributed by atoms with van der Waals surface area (Å²) in [5.41, 5.74) is 0.926. The highest BCUT2D eigenvalue weighted by Crippen LogP contribution is 2.28. The van der Waals surface area contributed by atoms with Gasteiger partial charge in [0.25, 0.3) is 10.0 Å². The fourth-order valence-electron chi connectivity index (χ4n) is 3.74. The Labute approximate surface area is 211 Å². The first-order valence-corrected chi connectivity index (χ1v) is 12.6. The Kier molecular flexibility index (Phi) is 6.26. The Morgan fingerprint density at radius 1 is 0.972 bits per heavy atom. The third-order valence-electron chi connectivity index (χ3n) is 5.57. The van der Waals surface area contributed by atoms with Crippen LogP contribution >= 0.6 is 11.6 Å². The van der Waals surface area contributed by atoms with Gasteiger partial charge in [0.2, 0.25) is 0 Å². The highest BCUT2D eigenvalue weighted by molar-refractivity contribution is 7.90. The lowest BCUT2D eigenvalue weighted by molar-refractivity contribution is 0.104. The van der Waals surface area contributed by atoms with Gasteiger partial charge >= 0.3 is 0 Å². The van der Waals surface area contributed by atoms with Crippen LogP contribution in [0.4, 0.5) is 10.2 Å². The monoisotopic (exact) mass is 520 g/mol. The predicted molar refractivity (Wildman–Crippen MR) is 135 cm³/mol. The fraction of sp³-hybridized carbons (Fsp3) is 0.0385. The SMILES string of the molecule is O=C(c1ccc(NCc2ccccc2F)nc1)c1cn(S(=O)(=O)c2ccccc2)c2ncc(Cl)cc12. The van der Waals surface area contributed by atoms with E-state index < -0.39 is 15.8 Å². The van der Waals surface area contributed by atoms with Crippen molar-refractivity contribution in [3.63, 3.8) is 0 Å². The lowest BCUT2D eigenvalue weighted by Gasteiger charge is -2.07. The molecule has 0 radical (unpaired) electrons. The third-order valence-corrected chi connectivity index (χ3v) is 7.44. The van der Waals surface area contributed by atoms with Crippen molar-refractivity contribution in [3.8, 4) is 0 Å². The van der Waals surface area contributed by atoms with E-state index >= 15 is 0 Å². The van der Waals surface area contributed by atoms with Crippen LogP contribution in [0, 0.1) is 5.82 Å². The summed E-state index contributed by atoms with van der Waals surface area (Å²) in [6.07, 6.45) is 3.95. The number of hydrogen-bond donors (Lipinski definition) is 1. The average Bonchev–Trinajstić information content (AvgIpc) is 3.28. The van der Waals surface area contributed by atoms with Gasteiger partial charge in [-0.05, 0) is 36.4 Å². The van der Waals surface area contributed by atoms with Crippen LogP contribution in [0.25, 0.3) is 11.0 Å². The van der Waals surface area contributed by atoms with Gasteiger partial charge in [-0.1, -0.05) is 48.0 Å². The van der Waals surface area contributed by atoms with Crippen LogP contribution in [0.15, 0.2) is 96.3 Å². The van der Waals surface area contributed by atoms with Crippen LogP contribution in [0.1, 0.15) is 21.5 Å². The van der Waals surface area contributed by atoms with E-state index in [1.165, 1.54) is 42.9 Å². The molecule has 7 nitrogen and oxygen atoms in total. The van der Waals surface area contributed by atoms with Gasteiger partial charge in [-0.3, -0.25) is 4.79 Å². The number of nitrogens with one attached hydrogen (secondary N) is 1. The van der Waals surface area contributed by atoms with Crippen molar-refractivity contribution in [2.45, 2.75) is 11.4 Å². The Balaban J connectivity index is 1.48. The maximum atomic E-state index is 13.8. The number of carbonyl (C=O) groups excluding carboxylic acids is 1. The molecule has 0 fully saturated rings. The van der Waals surface area contributed by atoms with E-state index in [1.807, 2.05) is 0 Å². The summed E-state index contributed by atoms with van der Waals surface area (Å²) in [5.74, 6) is -0.321. The Bertz CT molecular complexity index is 1690. The molecule has 180 valence electrons. The molecule has 3 heterocycles. The first-order chi connectivity index (χ1) is 17.3. The number of nitrogens with zero attached hydrogens (tertiary/aromatic N) is 3. The van der Waals surface area contributed by atoms with Crippen molar-refractivity contribution in [2.24, 2.45) is 0 Å². The van der Waals surface area contributed by atoms with Gasteiger partial charge in [0.1, 0.15) is 11.6 Å². The minimum atomic E-state index is -4.01. The molecule has 0 saturated carbocycles. The second-order valence-corrected chi connectivity index (χ2v) is 10.1. The Morgan fingerprint density at radius 2 is 1.72 bits per heavy atom. The number of carbonyl (C=O) groups is 1. The van der Waals surface area contributed by atoms with E-state index in [0.29, 0.717) is 16.8 Å².